The van der Waals surface area contributed by atoms with Crippen molar-refractivity contribution in [2.75, 3.05) is 13.7 Å². The van der Waals surface area contributed by atoms with Crippen molar-refractivity contribution in [1.29, 1.82) is 0 Å². The maximum Gasteiger partial charge on any atom is 0.143 e. The van der Waals surface area contributed by atoms with E-state index in [1.807, 2.05) is 13.3 Å². The first-order valence-electron chi connectivity index (χ1n) is 12.2. The summed E-state index contributed by atoms with van der Waals surface area (Å²) >= 11 is 0. The number of methoxy groups -OCH3 is 1. The fourth-order valence-electron chi connectivity index (χ4n) is 9.41. The van der Waals surface area contributed by atoms with E-state index in [1.165, 1.54) is 38.5 Å². The molecule has 0 radical (unpaired) electrons. The summed E-state index contributed by atoms with van der Waals surface area (Å²) in [6.45, 7) is 7.83. The van der Waals surface area contributed by atoms with E-state index in [-0.39, 0.29) is 11.0 Å². The van der Waals surface area contributed by atoms with E-state index < -0.39 is 5.60 Å². The molecule has 4 aliphatic carbocycles. The molecule has 0 aromatic heterocycles. The van der Waals surface area contributed by atoms with Crippen LogP contribution >= 0.6 is 0 Å². The first-order valence-corrected chi connectivity index (χ1v) is 12.2. The van der Waals surface area contributed by atoms with Crippen LogP contribution in [0.15, 0.2) is 5.16 Å². The third-order valence-corrected chi connectivity index (χ3v) is 10.6. The lowest BCUT2D eigenvalue weighted by Gasteiger charge is -2.63. The second kappa shape index (κ2) is 6.69. The second-order valence-corrected chi connectivity index (χ2v) is 12.1. The minimum Gasteiger partial charge on any atom is -0.390 e. The lowest BCUT2D eigenvalue weighted by Crippen LogP contribution is -2.59. The molecule has 1 N–H and O–H groups in total. The number of ether oxygens (including phenoxy) is 1. The standard InChI is InChI=1S/C25H41NO3/c1-22(27)11-12-25(16-28-4)17(15-22)5-6-18-19-7-8-21(24(3)13-14-26-29-24)23(19,2)10-9-20(18)25/h14,17-21,27H,5-13,15-16H2,1-4H3/t17-,18+,19+,20+,21+,22-,23+,24?,25-/m1/s1. The van der Waals surface area contributed by atoms with Gasteiger partial charge < -0.3 is 14.7 Å². The molecule has 5 rings (SSSR count). The smallest absolute Gasteiger partial charge is 0.143 e. The Morgan fingerprint density at radius 1 is 1.03 bits per heavy atom. The van der Waals surface area contributed by atoms with E-state index >= 15 is 0 Å². The van der Waals surface area contributed by atoms with E-state index in [0.717, 1.165) is 50.0 Å². The minimum absolute atomic E-state index is 0.0959. The molecule has 0 aromatic carbocycles. The Labute approximate surface area is 176 Å². The van der Waals surface area contributed by atoms with Crippen molar-refractivity contribution in [1.82, 2.24) is 0 Å². The van der Waals surface area contributed by atoms with Gasteiger partial charge in [-0.3, -0.25) is 0 Å². The van der Waals surface area contributed by atoms with Gasteiger partial charge in [-0.1, -0.05) is 12.1 Å². The van der Waals surface area contributed by atoms with Crippen molar-refractivity contribution in [3.63, 3.8) is 0 Å². The highest BCUT2D eigenvalue weighted by atomic mass is 16.7. The van der Waals surface area contributed by atoms with Crippen LogP contribution in [0.3, 0.4) is 0 Å². The van der Waals surface area contributed by atoms with Gasteiger partial charge in [-0.05, 0) is 106 Å². The molecule has 0 spiro atoms. The summed E-state index contributed by atoms with van der Waals surface area (Å²) in [6.07, 6.45) is 13.9. The Hall–Kier alpha value is -0.610. The van der Waals surface area contributed by atoms with Crippen molar-refractivity contribution >= 4 is 6.21 Å². The van der Waals surface area contributed by atoms with Crippen molar-refractivity contribution in [3.8, 4) is 0 Å². The molecule has 1 aliphatic heterocycles. The molecule has 4 nitrogen and oxygen atoms in total. The summed E-state index contributed by atoms with van der Waals surface area (Å²) < 4.78 is 5.90. The molecule has 4 saturated carbocycles. The zero-order chi connectivity index (χ0) is 20.5. The van der Waals surface area contributed by atoms with Gasteiger partial charge in [0, 0.05) is 25.7 Å². The number of hydrogen-bond donors (Lipinski definition) is 1. The summed E-state index contributed by atoms with van der Waals surface area (Å²) in [4.78, 5) is 5.96. The van der Waals surface area contributed by atoms with Crippen LogP contribution in [0.25, 0.3) is 0 Å². The number of rotatable bonds is 3. The highest BCUT2D eigenvalue weighted by molar-refractivity contribution is 5.60. The molecule has 0 saturated heterocycles. The molecule has 0 amide bonds. The van der Waals surface area contributed by atoms with Gasteiger partial charge in [0.05, 0.1) is 12.2 Å². The van der Waals surface area contributed by atoms with Gasteiger partial charge in [-0.15, -0.1) is 0 Å². The second-order valence-electron chi connectivity index (χ2n) is 12.1. The number of aliphatic hydroxyl groups is 1. The SMILES string of the molecule is COC[C@]12CC[C@@](C)(O)C[C@H]1CC[C@H]1[C@@H]3CC[C@H](C4(C)CC=NO4)[C@@]3(C)CC[C@@H]12. The fourth-order valence-corrected chi connectivity index (χ4v) is 9.41. The van der Waals surface area contributed by atoms with Crippen LogP contribution < -0.4 is 0 Å². The highest BCUT2D eigenvalue weighted by Crippen LogP contribution is 2.69. The predicted molar refractivity (Wildman–Crippen MR) is 115 cm³/mol. The van der Waals surface area contributed by atoms with E-state index in [0.29, 0.717) is 17.3 Å². The highest BCUT2D eigenvalue weighted by Gasteiger charge is 2.64. The molecule has 9 atom stereocenters. The molecular weight excluding hydrogens is 362 g/mol. The number of hydrogen-bond acceptors (Lipinski definition) is 4. The maximum absolute atomic E-state index is 10.8. The summed E-state index contributed by atoms with van der Waals surface area (Å²) in [5, 5.41) is 15.0. The van der Waals surface area contributed by atoms with Crippen LogP contribution in [0.5, 0.6) is 0 Å². The molecule has 1 heterocycles. The molecular formula is C25H41NO3. The molecule has 1 unspecified atom stereocenters. The predicted octanol–water partition coefficient (Wildman–Crippen LogP) is 5.19. The van der Waals surface area contributed by atoms with Crippen molar-refractivity contribution in [3.05, 3.63) is 0 Å². The summed E-state index contributed by atoms with van der Waals surface area (Å²) in [6, 6.07) is 0. The Balaban J connectivity index is 1.44. The summed E-state index contributed by atoms with van der Waals surface area (Å²) in [5.41, 5.74) is 0.0904. The van der Waals surface area contributed by atoms with Gasteiger partial charge in [0.2, 0.25) is 0 Å². The van der Waals surface area contributed by atoms with Crippen LogP contribution in [-0.2, 0) is 9.57 Å². The molecule has 4 heteroatoms. The molecule has 164 valence electrons. The largest absolute Gasteiger partial charge is 0.390 e. The van der Waals surface area contributed by atoms with Crippen molar-refractivity contribution in [2.45, 2.75) is 96.2 Å². The molecule has 5 aliphatic rings. The van der Waals surface area contributed by atoms with Crippen molar-refractivity contribution < 1.29 is 14.7 Å². The van der Waals surface area contributed by atoms with Gasteiger partial charge in [0.15, 0.2) is 0 Å². The Kier molecular flexibility index (Phi) is 4.68. The number of nitrogens with zero attached hydrogens (tertiary/aromatic N) is 1. The first kappa shape index (κ1) is 20.3. The van der Waals surface area contributed by atoms with Gasteiger partial charge in [-0.2, -0.15) is 0 Å². The minimum atomic E-state index is -0.481. The normalized spacial score (nSPS) is 56.4. The average Bonchev–Trinajstić information content (AvgIpc) is 3.26. The quantitative estimate of drug-likeness (QED) is 0.706. The van der Waals surface area contributed by atoms with Crippen LogP contribution in [0.1, 0.15) is 85.0 Å². The van der Waals surface area contributed by atoms with E-state index in [2.05, 4.69) is 25.9 Å². The third kappa shape index (κ3) is 2.87. The van der Waals surface area contributed by atoms with Gasteiger partial charge in [-0.25, -0.2) is 0 Å². The maximum atomic E-state index is 10.8. The van der Waals surface area contributed by atoms with Crippen molar-refractivity contribution in [2.24, 2.45) is 45.6 Å². The Bertz CT molecular complexity index is 667. The summed E-state index contributed by atoms with van der Waals surface area (Å²) in [7, 11) is 1.89. The topological polar surface area (TPSA) is 51.0 Å². The lowest BCUT2D eigenvalue weighted by molar-refractivity contribution is -0.182. The number of oxime groups is 1. The summed E-state index contributed by atoms with van der Waals surface area (Å²) in [5.74, 6) is 3.64. The van der Waals surface area contributed by atoms with E-state index in [9.17, 15) is 5.11 Å². The number of fused-ring (bicyclic) bond motifs is 5. The average molecular weight is 404 g/mol. The third-order valence-electron chi connectivity index (χ3n) is 10.6. The molecule has 4 fully saturated rings. The van der Waals surface area contributed by atoms with Gasteiger partial charge in [0.1, 0.15) is 5.60 Å². The molecule has 0 aromatic rings. The van der Waals surface area contributed by atoms with E-state index in [1.54, 1.807) is 0 Å². The Morgan fingerprint density at radius 2 is 1.86 bits per heavy atom. The van der Waals surface area contributed by atoms with Crippen LogP contribution in [-0.4, -0.2) is 36.2 Å². The lowest BCUT2D eigenvalue weighted by atomic mass is 9.43. The van der Waals surface area contributed by atoms with Gasteiger partial charge >= 0.3 is 0 Å². The van der Waals surface area contributed by atoms with E-state index in [4.69, 9.17) is 9.57 Å². The molecule has 0 bridgehead atoms. The van der Waals surface area contributed by atoms with Crippen LogP contribution in [0, 0.1) is 40.4 Å². The Morgan fingerprint density at radius 3 is 2.59 bits per heavy atom. The fraction of sp³-hybridized carbons (Fsp3) is 0.960. The zero-order valence-corrected chi connectivity index (χ0v) is 19.0. The molecule has 29 heavy (non-hydrogen) atoms. The zero-order valence-electron chi connectivity index (χ0n) is 19.0. The first-order chi connectivity index (χ1) is 13.7. The van der Waals surface area contributed by atoms with Gasteiger partial charge in [0.25, 0.3) is 0 Å². The monoisotopic (exact) mass is 403 g/mol. The van der Waals surface area contributed by atoms with Crippen LogP contribution in [0.4, 0.5) is 0 Å². The van der Waals surface area contributed by atoms with Crippen LogP contribution in [0.2, 0.25) is 0 Å².